The maximum atomic E-state index is 4.46. The maximum Gasteiger partial charge on any atom is 0.137 e. The number of hydrogen-bond donors (Lipinski definition) is 1. The molecule has 112 valence electrons. The smallest absolute Gasteiger partial charge is 0.137 e. The monoisotopic (exact) mass is 291 g/mol. The number of anilines is 1. The summed E-state index contributed by atoms with van der Waals surface area (Å²) in [5.74, 6) is 0. The summed E-state index contributed by atoms with van der Waals surface area (Å²) in [7, 11) is 0. The van der Waals surface area contributed by atoms with E-state index < -0.39 is 0 Å². The molecule has 0 atom stereocenters. The van der Waals surface area contributed by atoms with Crippen molar-refractivity contribution >= 4 is 16.7 Å². The fraction of sp³-hybridized carbons (Fsp3) is 0.316. The first-order valence-corrected chi connectivity index (χ1v) is 8.14. The van der Waals surface area contributed by atoms with Crippen molar-refractivity contribution in [3.05, 3.63) is 59.9 Å². The predicted octanol–water partition coefficient (Wildman–Crippen LogP) is 4.14. The average Bonchev–Trinajstić information content (AvgIpc) is 3.04. The molecule has 0 saturated carbocycles. The molecule has 0 aliphatic carbocycles. The van der Waals surface area contributed by atoms with E-state index in [1.54, 1.807) is 0 Å². The third kappa shape index (κ3) is 2.71. The summed E-state index contributed by atoms with van der Waals surface area (Å²) in [5, 5.41) is 1.18. The number of benzene rings is 1. The van der Waals surface area contributed by atoms with Crippen LogP contribution >= 0.6 is 0 Å². The third-order valence-corrected chi connectivity index (χ3v) is 4.52. The Kier molecular flexibility index (Phi) is 3.55. The molecule has 0 unspecified atom stereocenters. The number of H-pyrrole nitrogens is 1. The second-order valence-corrected chi connectivity index (χ2v) is 6.15. The molecule has 3 nitrogen and oxygen atoms in total. The van der Waals surface area contributed by atoms with Gasteiger partial charge in [-0.2, -0.15) is 0 Å². The minimum absolute atomic E-state index is 0.939. The highest BCUT2D eigenvalue weighted by Gasteiger charge is 2.10. The van der Waals surface area contributed by atoms with E-state index in [1.165, 1.54) is 54.6 Å². The fourth-order valence-corrected chi connectivity index (χ4v) is 3.29. The minimum Gasteiger partial charge on any atom is -0.372 e. The lowest BCUT2D eigenvalue weighted by Crippen LogP contribution is -2.29. The van der Waals surface area contributed by atoms with Gasteiger partial charge >= 0.3 is 0 Å². The van der Waals surface area contributed by atoms with E-state index in [-0.39, 0.29) is 0 Å². The molecule has 0 bridgehead atoms. The topological polar surface area (TPSA) is 31.9 Å². The van der Waals surface area contributed by atoms with Crippen LogP contribution in [0.3, 0.4) is 0 Å². The molecule has 0 spiro atoms. The number of hydrogen-bond acceptors (Lipinski definition) is 2. The van der Waals surface area contributed by atoms with Crippen LogP contribution in [0.25, 0.3) is 11.0 Å². The van der Waals surface area contributed by atoms with E-state index >= 15 is 0 Å². The lowest BCUT2D eigenvalue weighted by Gasteiger charge is -2.28. The van der Waals surface area contributed by atoms with E-state index in [9.17, 15) is 0 Å². The highest BCUT2D eigenvalue weighted by Crippen LogP contribution is 2.21. The zero-order valence-corrected chi connectivity index (χ0v) is 12.8. The minimum atomic E-state index is 0.939. The Labute approximate surface area is 131 Å². The van der Waals surface area contributed by atoms with Crippen molar-refractivity contribution in [1.82, 2.24) is 9.97 Å². The number of nitrogens with zero attached hydrogens (tertiary/aromatic N) is 2. The fourth-order valence-electron chi connectivity index (χ4n) is 3.29. The number of fused-ring (bicyclic) bond motifs is 1. The zero-order valence-electron chi connectivity index (χ0n) is 12.8. The van der Waals surface area contributed by atoms with Gasteiger partial charge in [0.2, 0.25) is 0 Å². The van der Waals surface area contributed by atoms with E-state index in [0.29, 0.717) is 0 Å². The summed E-state index contributed by atoms with van der Waals surface area (Å²) in [6.45, 7) is 2.40. The van der Waals surface area contributed by atoms with Crippen molar-refractivity contribution < 1.29 is 0 Å². The molecular weight excluding hydrogens is 270 g/mol. The molecule has 1 N–H and O–H groups in total. The largest absolute Gasteiger partial charge is 0.372 e. The van der Waals surface area contributed by atoms with Crippen molar-refractivity contribution in [3.8, 4) is 0 Å². The Hall–Kier alpha value is -2.29. The number of pyridine rings is 1. The van der Waals surface area contributed by atoms with Crippen LogP contribution in [0, 0.1) is 0 Å². The molecule has 0 amide bonds. The molecule has 1 aliphatic heterocycles. The van der Waals surface area contributed by atoms with Gasteiger partial charge in [0.05, 0.1) is 0 Å². The molecule has 1 fully saturated rings. The van der Waals surface area contributed by atoms with Gasteiger partial charge in [0, 0.05) is 36.6 Å². The summed E-state index contributed by atoms with van der Waals surface area (Å²) in [6.07, 6.45) is 8.87. The third-order valence-electron chi connectivity index (χ3n) is 4.52. The van der Waals surface area contributed by atoms with Crippen LogP contribution < -0.4 is 4.90 Å². The van der Waals surface area contributed by atoms with Gasteiger partial charge in [-0.15, -0.1) is 0 Å². The van der Waals surface area contributed by atoms with Gasteiger partial charge in [-0.1, -0.05) is 12.1 Å². The van der Waals surface area contributed by atoms with Gasteiger partial charge in [0.1, 0.15) is 5.65 Å². The van der Waals surface area contributed by atoms with E-state index in [2.05, 4.69) is 51.3 Å². The first-order valence-electron chi connectivity index (χ1n) is 8.14. The van der Waals surface area contributed by atoms with E-state index in [0.717, 1.165) is 12.1 Å². The molecule has 2 aromatic heterocycles. The van der Waals surface area contributed by atoms with E-state index in [1.807, 2.05) is 12.4 Å². The highest BCUT2D eigenvalue weighted by atomic mass is 15.1. The summed E-state index contributed by atoms with van der Waals surface area (Å²) in [6, 6.07) is 13.3. The molecule has 1 aliphatic rings. The second kappa shape index (κ2) is 5.84. The van der Waals surface area contributed by atoms with Gasteiger partial charge in [-0.3, -0.25) is 0 Å². The Morgan fingerprint density at radius 1 is 0.955 bits per heavy atom. The summed E-state index contributed by atoms with van der Waals surface area (Å²) < 4.78 is 0. The summed E-state index contributed by atoms with van der Waals surface area (Å²) in [4.78, 5) is 10.1. The van der Waals surface area contributed by atoms with Gasteiger partial charge < -0.3 is 9.88 Å². The molecule has 3 heterocycles. The number of aromatic nitrogens is 2. The van der Waals surface area contributed by atoms with Crippen LogP contribution in [0.1, 0.15) is 30.4 Å². The molecule has 4 rings (SSSR count). The average molecular weight is 291 g/mol. The first kappa shape index (κ1) is 13.4. The van der Waals surface area contributed by atoms with Crippen molar-refractivity contribution in [1.29, 1.82) is 0 Å². The molecular formula is C19H21N3. The van der Waals surface area contributed by atoms with Crippen LogP contribution in [0.4, 0.5) is 5.69 Å². The SMILES string of the molecule is c1cc2cc(Cc3ccc(N4CCCCC4)cc3)cnc2[nH]1. The predicted molar refractivity (Wildman–Crippen MR) is 91.4 cm³/mol. The van der Waals surface area contributed by atoms with Gasteiger partial charge in [-0.05, 0) is 61.1 Å². The number of nitrogens with one attached hydrogen (secondary N) is 1. The van der Waals surface area contributed by atoms with Crippen molar-refractivity contribution in [3.63, 3.8) is 0 Å². The highest BCUT2D eigenvalue weighted by molar-refractivity contribution is 5.75. The summed E-state index contributed by atoms with van der Waals surface area (Å²) in [5.41, 5.74) is 4.93. The second-order valence-electron chi connectivity index (χ2n) is 6.15. The molecule has 3 heteroatoms. The van der Waals surface area contributed by atoms with E-state index in [4.69, 9.17) is 0 Å². The van der Waals surface area contributed by atoms with Crippen LogP contribution in [0.5, 0.6) is 0 Å². The normalized spacial score (nSPS) is 15.4. The Bertz CT molecular complexity index is 752. The van der Waals surface area contributed by atoms with Crippen LogP contribution in [0.2, 0.25) is 0 Å². The van der Waals surface area contributed by atoms with Crippen molar-refractivity contribution in [2.45, 2.75) is 25.7 Å². The number of rotatable bonds is 3. The molecule has 1 aromatic carbocycles. The summed E-state index contributed by atoms with van der Waals surface area (Å²) >= 11 is 0. The van der Waals surface area contributed by atoms with Crippen LogP contribution in [-0.2, 0) is 6.42 Å². The van der Waals surface area contributed by atoms with Gasteiger partial charge in [-0.25, -0.2) is 4.98 Å². The molecule has 0 radical (unpaired) electrons. The molecule has 3 aromatic rings. The van der Waals surface area contributed by atoms with Crippen LogP contribution in [-0.4, -0.2) is 23.1 Å². The lowest BCUT2D eigenvalue weighted by atomic mass is 10.0. The Morgan fingerprint density at radius 2 is 1.77 bits per heavy atom. The molecule has 1 saturated heterocycles. The van der Waals surface area contributed by atoms with Gasteiger partial charge in [0.15, 0.2) is 0 Å². The number of piperidine rings is 1. The standard InChI is InChI=1S/C19H21N3/c1-2-10-22(11-3-1)18-6-4-15(5-7-18)12-16-13-17-8-9-20-19(17)21-14-16/h4-9,13-14H,1-3,10-12H2,(H,20,21). The molecule has 22 heavy (non-hydrogen) atoms. The Balaban J connectivity index is 1.50. The lowest BCUT2D eigenvalue weighted by molar-refractivity contribution is 0.578. The zero-order chi connectivity index (χ0) is 14.8. The maximum absolute atomic E-state index is 4.46. The quantitative estimate of drug-likeness (QED) is 0.786. The van der Waals surface area contributed by atoms with Gasteiger partial charge in [0.25, 0.3) is 0 Å². The number of aromatic amines is 1. The van der Waals surface area contributed by atoms with Crippen molar-refractivity contribution in [2.24, 2.45) is 0 Å². The first-order chi connectivity index (χ1) is 10.9. The van der Waals surface area contributed by atoms with Crippen LogP contribution in [0.15, 0.2) is 48.8 Å². The van der Waals surface area contributed by atoms with Crippen molar-refractivity contribution in [2.75, 3.05) is 18.0 Å². The Morgan fingerprint density at radius 3 is 2.59 bits per heavy atom.